The van der Waals surface area contributed by atoms with Crippen molar-refractivity contribution in [3.05, 3.63) is 51.9 Å². The van der Waals surface area contributed by atoms with Gasteiger partial charge in [0.25, 0.3) is 5.56 Å². The van der Waals surface area contributed by atoms with E-state index in [1.165, 1.54) is 23.1 Å². The second kappa shape index (κ2) is 10.8. The number of aromatic amines is 1. The Morgan fingerprint density at radius 2 is 2.03 bits per heavy atom. The monoisotopic (exact) mass is 486 g/mol. The Balaban J connectivity index is 1.30. The van der Waals surface area contributed by atoms with Crippen LogP contribution in [0.1, 0.15) is 26.6 Å². The summed E-state index contributed by atoms with van der Waals surface area (Å²) in [5, 5.41) is 5.39. The number of fused-ring (bicyclic) bond motifs is 1. The quantitative estimate of drug-likeness (QED) is 0.507. The number of rotatable bonds is 8. The number of carbonyl (C=O) groups excluding carboxylic acids is 1. The van der Waals surface area contributed by atoms with E-state index in [4.69, 9.17) is 4.74 Å². The van der Waals surface area contributed by atoms with Crippen LogP contribution in [0.25, 0.3) is 21.3 Å². The summed E-state index contributed by atoms with van der Waals surface area (Å²) in [6.07, 6.45) is 0.441. The smallest absolute Gasteiger partial charge is 0.260 e. The Hall–Kier alpha value is -2.20. The molecule has 33 heavy (non-hydrogen) atoms. The summed E-state index contributed by atoms with van der Waals surface area (Å²) in [5.74, 6) is 1.06. The molecule has 1 saturated heterocycles. The molecular formula is C24H30N4O3S2. The lowest BCUT2D eigenvalue weighted by Gasteiger charge is -2.35. The minimum atomic E-state index is -0.239. The minimum absolute atomic E-state index is 0.000249. The third kappa shape index (κ3) is 6.03. The molecule has 0 spiro atoms. The molecule has 1 aliphatic rings. The summed E-state index contributed by atoms with van der Waals surface area (Å²) in [6, 6.07) is 9.85. The Morgan fingerprint density at radius 1 is 1.30 bits per heavy atom. The van der Waals surface area contributed by atoms with Crippen molar-refractivity contribution in [3.8, 4) is 11.1 Å². The van der Waals surface area contributed by atoms with Gasteiger partial charge in [-0.1, -0.05) is 30.3 Å². The van der Waals surface area contributed by atoms with Crippen molar-refractivity contribution in [2.75, 3.05) is 26.2 Å². The van der Waals surface area contributed by atoms with Crippen LogP contribution in [0.3, 0.4) is 0 Å². The minimum Gasteiger partial charge on any atom is -0.373 e. The van der Waals surface area contributed by atoms with Crippen LogP contribution in [0.2, 0.25) is 0 Å². The molecule has 2 aromatic heterocycles. The number of nitrogens with one attached hydrogen (secondary N) is 2. The molecule has 9 heteroatoms. The Bertz CT molecular complexity index is 1140. The fourth-order valence-corrected chi connectivity index (χ4v) is 5.87. The lowest BCUT2D eigenvalue weighted by Crippen LogP contribution is -2.48. The first-order valence-electron chi connectivity index (χ1n) is 11.2. The van der Waals surface area contributed by atoms with E-state index in [0.29, 0.717) is 23.5 Å². The van der Waals surface area contributed by atoms with E-state index in [-0.39, 0.29) is 28.9 Å². The summed E-state index contributed by atoms with van der Waals surface area (Å²) in [6.45, 7) is 9.24. The van der Waals surface area contributed by atoms with Crippen LogP contribution in [0.5, 0.6) is 0 Å². The van der Waals surface area contributed by atoms with E-state index >= 15 is 0 Å². The standard InChI is InChI=1S/C24H30N4O3S2/c1-15-11-28(12-16(2)31-15)10-9-25-22(29)17(3)32-14-20-26-23(30)21-19(13-33-24(21)27-20)18-7-5-4-6-8-18/h4-8,13,15-17H,9-12,14H2,1-3H3,(H,25,29)(H,26,27,30)/t15-,16-,17-/m1/s1. The van der Waals surface area contributed by atoms with E-state index in [1.54, 1.807) is 0 Å². The second-order valence-electron chi connectivity index (χ2n) is 8.47. The predicted octanol–water partition coefficient (Wildman–Crippen LogP) is 3.50. The highest BCUT2D eigenvalue weighted by Crippen LogP contribution is 2.30. The molecule has 3 aromatic rings. The molecule has 0 radical (unpaired) electrons. The van der Waals surface area contributed by atoms with E-state index in [9.17, 15) is 9.59 Å². The number of H-pyrrole nitrogens is 1. The topological polar surface area (TPSA) is 87.3 Å². The fraction of sp³-hybridized carbons (Fsp3) is 0.458. The predicted molar refractivity (Wildman–Crippen MR) is 136 cm³/mol. The van der Waals surface area contributed by atoms with Gasteiger partial charge in [-0.25, -0.2) is 4.98 Å². The number of aromatic nitrogens is 2. The molecule has 1 aromatic carbocycles. The number of carbonyl (C=O) groups is 1. The van der Waals surface area contributed by atoms with Gasteiger partial charge in [0, 0.05) is 37.1 Å². The lowest BCUT2D eigenvalue weighted by atomic mass is 10.1. The molecular weight excluding hydrogens is 456 g/mol. The van der Waals surface area contributed by atoms with Crippen molar-refractivity contribution < 1.29 is 9.53 Å². The zero-order chi connectivity index (χ0) is 23.4. The van der Waals surface area contributed by atoms with E-state index in [0.717, 1.165) is 35.6 Å². The summed E-state index contributed by atoms with van der Waals surface area (Å²) in [5.41, 5.74) is 1.77. The molecule has 7 nitrogen and oxygen atoms in total. The number of nitrogens with zero attached hydrogens (tertiary/aromatic N) is 2. The molecule has 176 valence electrons. The number of thiophene rings is 1. The van der Waals surface area contributed by atoms with Gasteiger partial charge in [-0.3, -0.25) is 14.5 Å². The van der Waals surface area contributed by atoms with Crippen molar-refractivity contribution in [2.45, 2.75) is 44.0 Å². The van der Waals surface area contributed by atoms with Crippen molar-refractivity contribution in [1.29, 1.82) is 0 Å². The van der Waals surface area contributed by atoms with Crippen LogP contribution in [0.15, 0.2) is 40.5 Å². The molecule has 0 unspecified atom stereocenters. The van der Waals surface area contributed by atoms with Crippen LogP contribution >= 0.6 is 23.1 Å². The highest BCUT2D eigenvalue weighted by atomic mass is 32.2. The number of amides is 1. The maximum Gasteiger partial charge on any atom is 0.260 e. The number of morpholine rings is 1. The van der Waals surface area contributed by atoms with Gasteiger partial charge >= 0.3 is 0 Å². The van der Waals surface area contributed by atoms with Crippen molar-refractivity contribution in [3.63, 3.8) is 0 Å². The highest BCUT2D eigenvalue weighted by Gasteiger charge is 2.22. The number of hydrogen-bond acceptors (Lipinski definition) is 7. The lowest BCUT2D eigenvalue weighted by molar-refractivity contribution is -0.120. The number of ether oxygens (including phenoxy) is 1. The zero-order valence-corrected chi connectivity index (χ0v) is 20.8. The highest BCUT2D eigenvalue weighted by molar-refractivity contribution is 7.99. The average molecular weight is 487 g/mol. The Kier molecular flexibility index (Phi) is 7.85. The maximum atomic E-state index is 12.8. The van der Waals surface area contributed by atoms with Gasteiger partial charge in [0.05, 0.1) is 28.6 Å². The third-order valence-corrected chi connectivity index (χ3v) is 7.67. The molecule has 0 bridgehead atoms. The van der Waals surface area contributed by atoms with Crippen LogP contribution in [0.4, 0.5) is 0 Å². The van der Waals surface area contributed by atoms with Gasteiger partial charge in [-0.05, 0) is 26.3 Å². The normalized spacial score (nSPS) is 20.1. The Labute approximate surface area is 201 Å². The summed E-state index contributed by atoms with van der Waals surface area (Å²) in [4.78, 5) is 35.9. The third-order valence-electron chi connectivity index (χ3n) is 5.64. The molecule has 0 saturated carbocycles. The summed E-state index contributed by atoms with van der Waals surface area (Å²) in [7, 11) is 0. The average Bonchev–Trinajstić information content (AvgIpc) is 3.22. The van der Waals surface area contributed by atoms with Crippen LogP contribution < -0.4 is 10.9 Å². The van der Waals surface area contributed by atoms with Gasteiger partial charge in [-0.2, -0.15) is 0 Å². The van der Waals surface area contributed by atoms with E-state index in [1.807, 2.05) is 42.6 Å². The van der Waals surface area contributed by atoms with Crippen LogP contribution in [-0.2, 0) is 15.3 Å². The summed E-state index contributed by atoms with van der Waals surface area (Å²) >= 11 is 2.94. The maximum absolute atomic E-state index is 12.8. The Morgan fingerprint density at radius 3 is 2.76 bits per heavy atom. The van der Waals surface area contributed by atoms with Gasteiger partial charge in [0.15, 0.2) is 0 Å². The van der Waals surface area contributed by atoms with Gasteiger partial charge in [-0.15, -0.1) is 23.1 Å². The number of benzene rings is 1. The van der Waals surface area contributed by atoms with Gasteiger partial charge in [0.2, 0.25) is 5.91 Å². The largest absolute Gasteiger partial charge is 0.373 e. The first-order valence-corrected chi connectivity index (χ1v) is 13.2. The summed E-state index contributed by atoms with van der Waals surface area (Å²) < 4.78 is 5.75. The SMILES string of the molecule is C[C@@H]1CN(CCNC(=O)[C@@H](C)SCc2nc3scc(-c4ccccc4)c3c(=O)[nH]2)C[C@@H](C)O1. The molecule has 1 amide bonds. The van der Waals surface area contributed by atoms with Gasteiger partial charge < -0.3 is 15.0 Å². The molecule has 3 heterocycles. The second-order valence-corrected chi connectivity index (χ2v) is 10.7. The number of hydrogen-bond donors (Lipinski definition) is 2. The van der Waals surface area contributed by atoms with Gasteiger partial charge in [0.1, 0.15) is 10.7 Å². The van der Waals surface area contributed by atoms with Crippen molar-refractivity contribution >= 4 is 39.2 Å². The van der Waals surface area contributed by atoms with Crippen molar-refractivity contribution in [2.24, 2.45) is 0 Å². The first-order chi connectivity index (χ1) is 15.9. The molecule has 0 aliphatic carbocycles. The van der Waals surface area contributed by atoms with Crippen molar-refractivity contribution in [1.82, 2.24) is 20.2 Å². The van der Waals surface area contributed by atoms with Crippen LogP contribution in [-0.4, -0.2) is 64.4 Å². The fourth-order valence-electron chi connectivity index (χ4n) is 4.12. The zero-order valence-electron chi connectivity index (χ0n) is 19.2. The molecule has 1 fully saturated rings. The first kappa shape index (κ1) is 23.9. The molecule has 3 atom stereocenters. The number of thioether (sulfide) groups is 1. The van der Waals surface area contributed by atoms with E-state index < -0.39 is 0 Å². The van der Waals surface area contributed by atoms with Crippen LogP contribution in [0, 0.1) is 0 Å². The molecule has 2 N–H and O–H groups in total. The molecule has 1 aliphatic heterocycles. The van der Waals surface area contributed by atoms with E-state index in [2.05, 4.69) is 34.0 Å². The molecule has 4 rings (SSSR count).